The SMILES string of the molecule is CN1CCc2ccc(OB(O)O)cc2CC1. The smallest absolute Gasteiger partial charge is 0.512 e. The van der Waals surface area contributed by atoms with Gasteiger partial charge in [-0.2, -0.15) is 0 Å². The fraction of sp³-hybridized carbons (Fsp3) is 0.455. The van der Waals surface area contributed by atoms with E-state index in [4.69, 9.17) is 14.7 Å². The van der Waals surface area contributed by atoms with Gasteiger partial charge >= 0.3 is 7.32 Å². The van der Waals surface area contributed by atoms with E-state index in [1.807, 2.05) is 12.1 Å². The number of benzene rings is 1. The van der Waals surface area contributed by atoms with E-state index in [1.165, 1.54) is 11.1 Å². The first kappa shape index (κ1) is 11.5. The highest BCUT2D eigenvalue weighted by Gasteiger charge is 2.15. The van der Waals surface area contributed by atoms with Crippen LogP contribution in [0.1, 0.15) is 11.1 Å². The molecule has 0 saturated carbocycles. The molecule has 0 amide bonds. The molecule has 5 heteroatoms. The van der Waals surface area contributed by atoms with Crippen molar-refractivity contribution in [2.45, 2.75) is 12.8 Å². The maximum absolute atomic E-state index is 8.73. The van der Waals surface area contributed by atoms with Crippen LogP contribution in [0.3, 0.4) is 0 Å². The lowest BCUT2D eigenvalue weighted by atomic mass is 10.0. The molecule has 4 nitrogen and oxygen atoms in total. The summed E-state index contributed by atoms with van der Waals surface area (Å²) in [4.78, 5) is 2.29. The standard InChI is InChI=1S/C11H16BNO3/c1-13-6-4-9-2-3-11(16-12(14)15)8-10(9)5-7-13/h2-3,8,14-15H,4-7H2,1H3. The molecule has 0 unspecified atom stereocenters. The molecular formula is C11H16BNO3. The summed E-state index contributed by atoms with van der Waals surface area (Å²) >= 11 is 0. The summed E-state index contributed by atoms with van der Waals surface area (Å²) in [6.07, 6.45) is 2.01. The zero-order valence-electron chi connectivity index (χ0n) is 9.39. The lowest BCUT2D eigenvalue weighted by Gasteiger charge is -2.10. The van der Waals surface area contributed by atoms with Crippen molar-refractivity contribution in [2.24, 2.45) is 0 Å². The molecule has 0 aromatic heterocycles. The van der Waals surface area contributed by atoms with Crippen LogP contribution in [0, 0.1) is 0 Å². The van der Waals surface area contributed by atoms with Gasteiger partial charge in [-0.15, -0.1) is 0 Å². The van der Waals surface area contributed by atoms with Crippen molar-refractivity contribution in [1.29, 1.82) is 0 Å². The molecule has 1 aliphatic heterocycles. The van der Waals surface area contributed by atoms with Crippen molar-refractivity contribution in [2.75, 3.05) is 20.1 Å². The number of rotatable bonds is 2. The lowest BCUT2D eigenvalue weighted by molar-refractivity contribution is 0.288. The second-order valence-corrected chi connectivity index (χ2v) is 4.18. The molecule has 0 radical (unpaired) electrons. The average Bonchev–Trinajstić information content (AvgIpc) is 2.40. The molecule has 2 rings (SSSR count). The summed E-state index contributed by atoms with van der Waals surface area (Å²) in [5.41, 5.74) is 2.56. The predicted octanol–water partition coefficient (Wildman–Crippen LogP) is 0.0653. The van der Waals surface area contributed by atoms with E-state index in [-0.39, 0.29) is 0 Å². The molecule has 0 saturated heterocycles. The fourth-order valence-electron chi connectivity index (χ4n) is 2.01. The van der Waals surface area contributed by atoms with Gasteiger partial charge in [0.25, 0.3) is 0 Å². The van der Waals surface area contributed by atoms with E-state index in [9.17, 15) is 0 Å². The Morgan fingerprint density at radius 2 is 1.88 bits per heavy atom. The van der Waals surface area contributed by atoms with Crippen molar-refractivity contribution >= 4 is 7.32 Å². The Labute approximate surface area is 95.6 Å². The first-order valence-corrected chi connectivity index (χ1v) is 5.48. The molecule has 0 aliphatic carbocycles. The molecule has 1 aromatic carbocycles. The summed E-state index contributed by atoms with van der Waals surface area (Å²) in [7, 11) is 0.368. The minimum atomic E-state index is -1.74. The van der Waals surface area contributed by atoms with Gasteiger partial charge in [-0.3, -0.25) is 0 Å². The van der Waals surface area contributed by atoms with Gasteiger partial charge in [-0.25, -0.2) is 0 Å². The summed E-state index contributed by atoms with van der Waals surface area (Å²) in [5, 5.41) is 17.5. The van der Waals surface area contributed by atoms with E-state index in [0.717, 1.165) is 25.9 Å². The molecule has 1 aliphatic rings. The fourth-order valence-corrected chi connectivity index (χ4v) is 2.01. The Balaban J connectivity index is 2.18. The molecule has 1 aromatic rings. The van der Waals surface area contributed by atoms with Crippen molar-refractivity contribution in [3.63, 3.8) is 0 Å². The highest BCUT2D eigenvalue weighted by atomic mass is 16.6. The normalized spacial score (nSPS) is 16.4. The van der Waals surface area contributed by atoms with Crippen molar-refractivity contribution < 1.29 is 14.7 Å². The molecule has 0 fully saturated rings. The quantitative estimate of drug-likeness (QED) is 0.693. The van der Waals surface area contributed by atoms with E-state index in [2.05, 4.69) is 11.9 Å². The van der Waals surface area contributed by atoms with Crippen LogP contribution in [0.25, 0.3) is 0 Å². The largest absolute Gasteiger partial charge is 0.707 e. The highest BCUT2D eigenvalue weighted by Crippen LogP contribution is 2.21. The summed E-state index contributed by atoms with van der Waals surface area (Å²) in [6.45, 7) is 2.09. The zero-order chi connectivity index (χ0) is 11.5. The average molecular weight is 221 g/mol. The molecule has 0 spiro atoms. The van der Waals surface area contributed by atoms with Crippen LogP contribution in [-0.2, 0) is 12.8 Å². The Kier molecular flexibility index (Phi) is 3.48. The third kappa shape index (κ3) is 2.75. The maximum atomic E-state index is 8.73. The molecule has 2 N–H and O–H groups in total. The summed E-state index contributed by atoms with van der Waals surface area (Å²) < 4.78 is 4.85. The minimum absolute atomic E-state index is 0.512. The monoisotopic (exact) mass is 221 g/mol. The number of likely N-dealkylation sites (N-methyl/N-ethyl adjacent to an activating group) is 1. The Morgan fingerprint density at radius 3 is 2.56 bits per heavy atom. The number of nitrogens with zero attached hydrogens (tertiary/aromatic N) is 1. The second kappa shape index (κ2) is 4.87. The lowest BCUT2D eigenvalue weighted by Crippen LogP contribution is -2.21. The Morgan fingerprint density at radius 1 is 1.19 bits per heavy atom. The van der Waals surface area contributed by atoms with Crippen molar-refractivity contribution in [3.8, 4) is 5.75 Å². The number of hydrogen-bond acceptors (Lipinski definition) is 4. The molecule has 0 bridgehead atoms. The predicted molar refractivity (Wildman–Crippen MR) is 62.2 cm³/mol. The Hall–Kier alpha value is -1.04. The minimum Gasteiger partial charge on any atom is -0.512 e. The van der Waals surface area contributed by atoms with Gasteiger partial charge < -0.3 is 19.6 Å². The zero-order valence-corrected chi connectivity index (χ0v) is 9.39. The van der Waals surface area contributed by atoms with E-state index >= 15 is 0 Å². The second-order valence-electron chi connectivity index (χ2n) is 4.18. The summed E-state index contributed by atoms with van der Waals surface area (Å²) in [5.74, 6) is 0.512. The first-order valence-electron chi connectivity index (χ1n) is 5.48. The third-order valence-electron chi connectivity index (χ3n) is 2.94. The first-order chi connectivity index (χ1) is 7.65. The van der Waals surface area contributed by atoms with Crippen LogP contribution < -0.4 is 4.65 Å². The highest BCUT2D eigenvalue weighted by molar-refractivity contribution is 6.33. The van der Waals surface area contributed by atoms with Crippen LogP contribution in [-0.4, -0.2) is 42.4 Å². The van der Waals surface area contributed by atoms with E-state index in [0.29, 0.717) is 5.75 Å². The van der Waals surface area contributed by atoms with Gasteiger partial charge in [0, 0.05) is 13.1 Å². The van der Waals surface area contributed by atoms with Crippen LogP contribution in [0.5, 0.6) is 5.75 Å². The van der Waals surface area contributed by atoms with Crippen molar-refractivity contribution in [1.82, 2.24) is 4.90 Å². The van der Waals surface area contributed by atoms with Crippen LogP contribution in [0.15, 0.2) is 18.2 Å². The van der Waals surface area contributed by atoms with Gasteiger partial charge in [-0.1, -0.05) is 6.07 Å². The maximum Gasteiger partial charge on any atom is 0.707 e. The van der Waals surface area contributed by atoms with Gasteiger partial charge in [-0.05, 0) is 43.1 Å². The molecular weight excluding hydrogens is 205 g/mol. The molecule has 1 heterocycles. The molecule has 0 atom stereocenters. The van der Waals surface area contributed by atoms with Crippen molar-refractivity contribution in [3.05, 3.63) is 29.3 Å². The Bertz CT molecular complexity index is 370. The van der Waals surface area contributed by atoms with Crippen LogP contribution >= 0.6 is 0 Å². The van der Waals surface area contributed by atoms with Gasteiger partial charge in [0.05, 0.1) is 0 Å². The van der Waals surface area contributed by atoms with E-state index in [1.54, 1.807) is 6.07 Å². The number of hydrogen-bond donors (Lipinski definition) is 2. The van der Waals surface area contributed by atoms with E-state index < -0.39 is 7.32 Å². The third-order valence-corrected chi connectivity index (χ3v) is 2.94. The molecule has 16 heavy (non-hydrogen) atoms. The number of fused-ring (bicyclic) bond motifs is 1. The topological polar surface area (TPSA) is 52.9 Å². The van der Waals surface area contributed by atoms with Gasteiger partial charge in [0.2, 0.25) is 0 Å². The molecule has 86 valence electrons. The summed E-state index contributed by atoms with van der Waals surface area (Å²) in [6, 6.07) is 5.68. The van der Waals surface area contributed by atoms with Crippen LogP contribution in [0.2, 0.25) is 0 Å². The van der Waals surface area contributed by atoms with Gasteiger partial charge in [0.15, 0.2) is 0 Å². The van der Waals surface area contributed by atoms with Crippen LogP contribution in [0.4, 0.5) is 0 Å². The van der Waals surface area contributed by atoms with Gasteiger partial charge in [0.1, 0.15) is 5.75 Å².